The molecule has 2 fully saturated rings. The summed E-state index contributed by atoms with van der Waals surface area (Å²) >= 11 is 0. The first kappa shape index (κ1) is 18.9. The van der Waals surface area contributed by atoms with E-state index in [1.165, 1.54) is 0 Å². The fourth-order valence-corrected chi connectivity index (χ4v) is 5.97. The fraction of sp³-hybridized carbons (Fsp3) is 0.636. The lowest BCUT2D eigenvalue weighted by Gasteiger charge is -2.61. The van der Waals surface area contributed by atoms with Crippen LogP contribution in [0.15, 0.2) is 12.1 Å². The van der Waals surface area contributed by atoms with Gasteiger partial charge in [-0.1, -0.05) is 6.07 Å². The minimum atomic E-state index is -1.04. The number of nitrogens with zero attached hydrogens (tertiary/aromatic N) is 1. The van der Waals surface area contributed by atoms with Crippen LogP contribution >= 0.6 is 0 Å². The summed E-state index contributed by atoms with van der Waals surface area (Å²) < 4.78 is 17.0. The van der Waals surface area contributed by atoms with Crippen LogP contribution in [-0.4, -0.2) is 58.9 Å². The van der Waals surface area contributed by atoms with Crippen LogP contribution in [0, 0.1) is 0 Å². The summed E-state index contributed by atoms with van der Waals surface area (Å²) in [4.78, 5) is 27.3. The summed E-state index contributed by atoms with van der Waals surface area (Å²) in [6, 6.07) is 3.57. The first-order valence-corrected chi connectivity index (χ1v) is 10.3. The van der Waals surface area contributed by atoms with Crippen molar-refractivity contribution in [2.75, 3.05) is 13.6 Å². The molecule has 1 aromatic rings. The molecule has 1 saturated carbocycles. The zero-order valence-electron chi connectivity index (χ0n) is 17.3. The predicted octanol–water partition coefficient (Wildman–Crippen LogP) is 2.35. The van der Waals surface area contributed by atoms with Crippen molar-refractivity contribution in [3.05, 3.63) is 23.3 Å². The molecule has 7 heteroatoms. The molecule has 1 spiro atoms. The lowest BCUT2D eigenvalue weighted by molar-refractivity contribution is -0.185. The van der Waals surface area contributed by atoms with Gasteiger partial charge in [-0.15, -0.1) is 0 Å². The highest BCUT2D eigenvalue weighted by Crippen LogP contribution is 2.64. The zero-order chi connectivity index (χ0) is 20.8. The number of ketones is 1. The van der Waals surface area contributed by atoms with Crippen molar-refractivity contribution < 1.29 is 28.9 Å². The molecule has 0 unspecified atom stereocenters. The molecule has 1 N–H and O–H groups in total. The Labute approximate surface area is 169 Å². The van der Waals surface area contributed by atoms with Crippen molar-refractivity contribution in [1.29, 1.82) is 0 Å². The number of hydrogen-bond acceptors (Lipinski definition) is 7. The second-order valence-corrected chi connectivity index (χ2v) is 9.80. The normalized spacial score (nSPS) is 35.0. The topological polar surface area (TPSA) is 85.3 Å². The minimum Gasteiger partial charge on any atom is -0.477 e. The van der Waals surface area contributed by atoms with E-state index in [0.29, 0.717) is 31.4 Å². The molecule has 29 heavy (non-hydrogen) atoms. The molecule has 0 radical (unpaired) electrons. The van der Waals surface area contributed by atoms with Crippen molar-refractivity contribution in [1.82, 2.24) is 4.90 Å². The molecule has 7 nitrogen and oxygen atoms in total. The van der Waals surface area contributed by atoms with Crippen LogP contribution in [0.3, 0.4) is 0 Å². The number of benzene rings is 1. The maximum atomic E-state index is 12.9. The number of ether oxygens (including phenoxy) is 3. The number of likely N-dealkylation sites (tertiary alicyclic amines) is 1. The Kier molecular flexibility index (Phi) is 3.73. The molecule has 2 aliphatic heterocycles. The average molecular weight is 401 g/mol. The number of rotatable bonds is 1. The van der Waals surface area contributed by atoms with E-state index in [9.17, 15) is 14.7 Å². The monoisotopic (exact) mass is 401 g/mol. The predicted molar refractivity (Wildman–Crippen MR) is 103 cm³/mol. The van der Waals surface area contributed by atoms with E-state index < -0.39 is 28.9 Å². The zero-order valence-corrected chi connectivity index (χ0v) is 17.3. The number of Topliss-reactive ketones (excluding diaryl/α,β-unsaturated/α-hetero) is 1. The maximum absolute atomic E-state index is 12.9. The van der Waals surface area contributed by atoms with Crippen molar-refractivity contribution in [3.63, 3.8) is 0 Å². The van der Waals surface area contributed by atoms with E-state index in [0.717, 1.165) is 17.7 Å². The highest BCUT2D eigenvalue weighted by atomic mass is 16.7. The second-order valence-electron chi connectivity index (χ2n) is 9.80. The summed E-state index contributed by atoms with van der Waals surface area (Å²) in [5, 5.41) is 11.9. The number of aliphatic hydroxyl groups is 1. The van der Waals surface area contributed by atoms with Crippen molar-refractivity contribution in [2.24, 2.45) is 0 Å². The van der Waals surface area contributed by atoms with Gasteiger partial charge in [0.25, 0.3) is 0 Å². The summed E-state index contributed by atoms with van der Waals surface area (Å²) in [6.45, 7) is 6.07. The molecule has 0 aromatic heterocycles. The van der Waals surface area contributed by atoms with Crippen molar-refractivity contribution >= 4 is 11.9 Å². The molecule has 5 rings (SSSR count). The average Bonchev–Trinajstić information content (AvgIpc) is 2.97. The van der Waals surface area contributed by atoms with Crippen LogP contribution in [0.25, 0.3) is 0 Å². The first-order valence-electron chi connectivity index (χ1n) is 10.3. The molecule has 2 aliphatic carbocycles. The van der Waals surface area contributed by atoms with Crippen molar-refractivity contribution in [2.45, 2.75) is 75.2 Å². The molecular formula is C22H27NO6. The fourth-order valence-electron chi connectivity index (χ4n) is 5.97. The summed E-state index contributed by atoms with van der Waals surface area (Å²) in [6.07, 6.45) is 0.463. The van der Waals surface area contributed by atoms with E-state index in [1.807, 2.05) is 13.1 Å². The Bertz CT molecular complexity index is 921. The SMILES string of the molecule is CN1CC[C@]23c4c5ccc(OC(=O)OC(C)(C)C)c4O[C@H]2C(=O)CC[C@@]3(O)[C@H]1C5. The van der Waals surface area contributed by atoms with E-state index in [1.54, 1.807) is 26.8 Å². The van der Waals surface area contributed by atoms with Gasteiger partial charge in [0.2, 0.25) is 0 Å². The van der Waals surface area contributed by atoms with E-state index in [-0.39, 0.29) is 17.6 Å². The number of carbonyl (C=O) groups excluding carboxylic acids is 2. The molecule has 1 saturated heterocycles. The molecule has 156 valence electrons. The van der Waals surface area contributed by atoms with Gasteiger partial charge in [-0.25, -0.2) is 4.79 Å². The van der Waals surface area contributed by atoms with Gasteiger partial charge in [-0.05, 0) is 65.3 Å². The van der Waals surface area contributed by atoms with Gasteiger partial charge in [0.15, 0.2) is 23.4 Å². The van der Waals surface area contributed by atoms with Crippen LogP contribution < -0.4 is 9.47 Å². The van der Waals surface area contributed by atoms with Gasteiger partial charge in [0.1, 0.15) is 5.60 Å². The highest BCUT2D eigenvalue weighted by Gasteiger charge is 2.72. The Hall–Kier alpha value is -2.12. The lowest BCUT2D eigenvalue weighted by atomic mass is 9.49. The van der Waals surface area contributed by atoms with E-state index in [2.05, 4.69) is 4.90 Å². The van der Waals surface area contributed by atoms with Crippen LogP contribution in [-0.2, 0) is 21.4 Å². The van der Waals surface area contributed by atoms with Gasteiger partial charge in [-0.2, -0.15) is 0 Å². The number of carbonyl (C=O) groups is 2. The second kappa shape index (κ2) is 5.73. The third-order valence-corrected chi connectivity index (χ3v) is 7.09. The molecule has 0 amide bonds. The van der Waals surface area contributed by atoms with Crippen LogP contribution in [0.2, 0.25) is 0 Å². The minimum absolute atomic E-state index is 0.00486. The van der Waals surface area contributed by atoms with Crippen LogP contribution in [0.5, 0.6) is 11.5 Å². The van der Waals surface area contributed by atoms with Gasteiger partial charge >= 0.3 is 6.16 Å². The number of likely N-dealkylation sites (N-methyl/N-ethyl adjacent to an activating group) is 1. The quantitative estimate of drug-likeness (QED) is 0.571. The van der Waals surface area contributed by atoms with E-state index >= 15 is 0 Å². The molecule has 4 aliphatic rings. The van der Waals surface area contributed by atoms with Gasteiger partial charge in [0.05, 0.1) is 11.0 Å². The lowest BCUT2D eigenvalue weighted by Crippen LogP contribution is -2.76. The Morgan fingerprint density at radius 1 is 1.31 bits per heavy atom. The Morgan fingerprint density at radius 2 is 2.07 bits per heavy atom. The molecule has 2 heterocycles. The molecule has 2 bridgehead atoms. The molecular weight excluding hydrogens is 374 g/mol. The Morgan fingerprint density at radius 3 is 2.79 bits per heavy atom. The van der Waals surface area contributed by atoms with E-state index in [4.69, 9.17) is 14.2 Å². The van der Waals surface area contributed by atoms with Crippen LogP contribution in [0.4, 0.5) is 4.79 Å². The maximum Gasteiger partial charge on any atom is 0.514 e. The number of hydrogen-bond donors (Lipinski definition) is 1. The first-order chi connectivity index (χ1) is 13.6. The summed E-state index contributed by atoms with van der Waals surface area (Å²) in [5.41, 5.74) is -0.605. The smallest absolute Gasteiger partial charge is 0.477 e. The third-order valence-electron chi connectivity index (χ3n) is 7.09. The highest BCUT2D eigenvalue weighted by molar-refractivity contribution is 5.90. The molecule has 1 aromatic carbocycles. The third kappa shape index (κ3) is 2.37. The molecule has 4 atom stereocenters. The number of piperidine rings is 1. The van der Waals surface area contributed by atoms with Crippen LogP contribution in [0.1, 0.15) is 51.2 Å². The Balaban J connectivity index is 1.64. The van der Waals surface area contributed by atoms with Gasteiger partial charge in [-0.3, -0.25) is 4.79 Å². The van der Waals surface area contributed by atoms with Gasteiger partial charge in [0, 0.05) is 18.0 Å². The van der Waals surface area contributed by atoms with Gasteiger partial charge < -0.3 is 24.2 Å². The largest absolute Gasteiger partial charge is 0.514 e. The van der Waals surface area contributed by atoms with Crippen molar-refractivity contribution in [3.8, 4) is 11.5 Å². The standard InChI is InChI=1S/C22H27NO6/c1-20(2,3)29-19(25)27-14-6-5-12-11-15-22(26)8-7-13(24)18-21(22,9-10-23(15)4)16(12)17(14)28-18/h5-6,15,18,26H,7-11H2,1-4H3/t15-,18+,21+,22-/m1/s1. The summed E-state index contributed by atoms with van der Waals surface area (Å²) in [5.74, 6) is 0.662. The summed E-state index contributed by atoms with van der Waals surface area (Å²) in [7, 11) is 2.03.